The summed E-state index contributed by atoms with van der Waals surface area (Å²) in [6.07, 6.45) is -4.51. The van der Waals surface area contributed by atoms with Gasteiger partial charge in [0.2, 0.25) is 0 Å². The van der Waals surface area contributed by atoms with E-state index in [4.69, 9.17) is 32.7 Å². The summed E-state index contributed by atoms with van der Waals surface area (Å²) in [5, 5.41) is 5.57. The molecule has 0 aliphatic rings. The average molecular weight is 437 g/mol. The molecule has 0 unspecified atom stereocenters. The van der Waals surface area contributed by atoms with Crippen molar-refractivity contribution in [3.8, 4) is 11.5 Å². The summed E-state index contributed by atoms with van der Waals surface area (Å²) < 4.78 is 48.5. The second-order valence-corrected chi connectivity index (χ2v) is 6.39. The quantitative estimate of drug-likeness (QED) is 0.592. The minimum Gasteiger partial charge on any atom is -0.491 e. The zero-order valence-electron chi connectivity index (χ0n) is 14.7. The van der Waals surface area contributed by atoms with Crippen LogP contribution in [-0.4, -0.2) is 32.7 Å². The van der Waals surface area contributed by atoms with Gasteiger partial charge in [-0.2, -0.15) is 13.2 Å². The summed E-state index contributed by atoms with van der Waals surface area (Å²) in [5.41, 5.74) is -0.487. The standard InChI is InChI=1S/C18H17Cl2F3N2O3/c1-24-6-7-27-15-5-3-12(9-14(15)20)25-17(26)10-28-16-4-2-11(8-13(16)19)18(21,22)23/h2-5,8-9,24H,6-7,10H2,1H3,(H,25,26). The average Bonchev–Trinajstić information content (AvgIpc) is 2.62. The predicted octanol–water partition coefficient (Wildman–Crippen LogP) is 4.63. The van der Waals surface area contributed by atoms with Gasteiger partial charge in [0.05, 0.1) is 15.6 Å². The maximum absolute atomic E-state index is 12.6. The van der Waals surface area contributed by atoms with Crippen molar-refractivity contribution in [2.75, 3.05) is 32.1 Å². The van der Waals surface area contributed by atoms with E-state index >= 15 is 0 Å². The number of anilines is 1. The van der Waals surface area contributed by atoms with Crippen molar-refractivity contribution in [3.05, 3.63) is 52.0 Å². The van der Waals surface area contributed by atoms with Crippen LogP contribution in [0, 0.1) is 0 Å². The molecule has 0 aromatic heterocycles. The van der Waals surface area contributed by atoms with Gasteiger partial charge in [-0.3, -0.25) is 4.79 Å². The number of carbonyl (C=O) groups is 1. The zero-order chi connectivity index (χ0) is 20.7. The Morgan fingerprint density at radius 1 is 1.04 bits per heavy atom. The number of carbonyl (C=O) groups excluding carboxylic acids is 1. The number of amides is 1. The monoisotopic (exact) mass is 436 g/mol. The number of nitrogens with one attached hydrogen (secondary N) is 2. The molecule has 2 rings (SSSR count). The first-order chi connectivity index (χ1) is 13.2. The Morgan fingerprint density at radius 3 is 2.29 bits per heavy atom. The largest absolute Gasteiger partial charge is 0.491 e. The highest BCUT2D eigenvalue weighted by atomic mass is 35.5. The smallest absolute Gasteiger partial charge is 0.416 e. The highest BCUT2D eigenvalue weighted by molar-refractivity contribution is 6.32. The molecule has 2 aromatic carbocycles. The first-order valence-electron chi connectivity index (χ1n) is 8.07. The molecule has 0 atom stereocenters. The van der Waals surface area contributed by atoms with Crippen molar-refractivity contribution >= 4 is 34.8 Å². The maximum atomic E-state index is 12.6. The molecular weight excluding hydrogens is 420 g/mol. The lowest BCUT2D eigenvalue weighted by molar-refractivity contribution is -0.137. The van der Waals surface area contributed by atoms with E-state index in [1.54, 1.807) is 19.2 Å². The molecule has 0 saturated carbocycles. The second kappa shape index (κ2) is 9.86. The summed E-state index contributed by atoms with van der Waals surface area (Å²) in [7, 11) is 1.80. The Kier molecular flexibility index (Phi) is 7.79. The van der Waals surface area contributed by atoms with Crippen LogP contribution in [0.4, 0.5) is 18.9 Å². The molecule has 2 N–H and O–H groups in total. The molecular formula is C18H17Cl2F3N2O3. The number of likely N-dealkylation sites (N-methyl/N-ethyl adjacent to an activating group) is 1. The van der Waals surface area contributed by atoms with Crippen LogP contribution in [0.1, 0.15) is 5.56 Å². The molecule has 28 heavy (non-hydrogen) atoms. The van der Waals surface area contributed by atoms with Crippen molar-refractivity contribution in [3.63, 3.8) is 0 Å². The van der Waals surface area contributed by atoms with Crippen LogP contribution in [-0.2, 0) is 11.0 Å². The van der Waals surface area contributed by atoms with Gasteiger partial charge in [0, 0.05) is 12.2 Å². The molecule has 10 heteroatoms. The fourth-order valence-electron chi connectivity index (χ4n) is 2.09. The SMILES string of the molecule is CNCCOc1ccc(NC(=O)COc2ccc(C(F)(F)F)cc2Cl)cc1Cl. The van der Waals surface area contributed by atoms with Gasteiger partial charge in [-0.15, -0.1) is 0 Å². The van der Waals surface area contributed by atoms with E-state index in [1.165, 1.54) is 6.07 Å². The molecule has 0 spiro atoms. The van der Waals surface area contributed by atoms with Crippen molar-refractivity contribution in [1.82, 2.24) is 5.32 Å². The number of benzene rings is 2. The predicted molar refractivity (Wildman–Crippen MR) is 101 cm³/mol. The van der Waals surface area contributed by atoms with E-state index in [-0.39, 0.29) is 10.8 Å². The third kappa shape index (κ3) is 6.47. The van der Waals surface area contributed by atoms with Gasteiger partial charge in [0.1, 0.15) is 18.1 Å². The number of halogens is 5. The molecule has 0 heterocycles. The van der Waals surface area contributed by atoms with Gasteiger partial charge >= 0.3 is 6.18 Å². The van der Waals surface area contributed by atoms with E-state index in [2.05, 4.69) is 10.6 Å². The van der Waals surface area contributed by atoms with Gasteiger partial charge in [-0.05, 0) is 43.4 Å². The van der Waals surface area contributed by atoms with Crippen LogP contribution in [0.15, 0.2) is 36.4 Å². The van der Waals surface area contributed by atoms with Gasteiger partial charge in [0.25, 0.3) is 5.91 Å². The molecule has 1 amide bonds. The Bertz CT molecular complexity index is 832. The minimum atomic E-state index is -4.51. The van der Waals surface area contributed by atoms with Crippen LogP contribution < -0.4 is 20.1 Å². The molecule has 0 saturated heterocycles. The highest BCUT2D eigenvalue weighted by Crippen LogP contribution is 2.34. The van der Waals surface area contributed by atoms with Gasteiger partial charge in [-0.1, -0.05) is 23.2 Å². The lowest BCUT2D eigenvalue weighted by Gasteiger charge is -2.12. The summed E-state index contributed by atoms with van der Waals surface area (Å²) in [5.74, 6) is -0.0882. The topological polar surface area (TPSA) is 59.6 Å². The van der Waals surface area contributed by atoms with E-state index in [0.717, 1.165) is 18.2 Å². The number of alkyl halides is 3. The lowest BCUT2D eigenvalue weighted by atomic mass is 10.2. The van der Waals surface area contributed by atoms with Gasteiger partial charge < -0.3 is 20.1 Å². The molecule has 0 fully saturated rings. The number of ether oxygens (including phenoxy) is 2. The Hall–Kier alpha value is -2.16. The minimum absolute atomic E-state index is 0.0314. The summed E-state index contributed by atoms with van der Waals surface area (Å²) in [6, 6.07) is 7.35. The van der Waals surface area contributed by atoms with Crippen molar-refractivity contribution in [2.24, 2.45) is 0 Å². The zero-order valence-corrected chi connectivity index (χ0v) is 16.2. The molecule has 2 aromatic rings. The highest BCUT2D eigenvalue weighted by Gasteiger charge is 2.31. The van der Waals surface area contributed by atoms with Crippen LogP contribution in [0.2, 0.25) is 10.0 Å². The van der Waals surface area contributed by atoms with Gasteiger partial charge in [-0.25, -0.2) is 0 Å². The van der Waals surface area contributed by atoms with Crippen LogP contribution in [0.5, 0.6) is 11.5 Å². The Balaban J connectivity index is 1.91. The molecule has 152 valence electrons. The lowest BCUT2D eigenvalue weighted by Crippen LogP contribution is -2.20. The fraction of sp³-hybridized carbons (Fsp3) is 0.278. The Morgan fingerprint density at radius 2 is 1.68 bits per heavy atom. The Labute approximate surface area is 169 Å². The normalized spacial score (nSPS) is 11.2. The summed E-state index contributed by atoms with van der Waals surface area (Å²) >= 11 is 11.9. The van der Waals surface area contributed by atoms with Crippen LogP contribution in [0.3, 0.4) is 0 Å². The number of rotatable bonds is 8. The van der Waals surface area contributed by atoms with E-state index in [1.807, 2.05) is 0 Å². The van der Waals surface area contributed by atoms with Gasteiger partial charge in [0.15, 0.2) is 6.61 Å². The molecule has 0 bridgehead atoms. The molecule has 5 nitrogen and oxygen atoms in total. The fourth-order valence-corrected chi connectivity index (χ4v) is 2.56. The first kappa shape index (κ1) is 22.1. The third-order valence-corrected chi connectivity index (χ3v) is 4.03. The van der Waals surface area contributed by atoms with E-state index < -0.39 is 24.3 Å². The number of hydrogen-bond acceptors (Lipinski definition) is 4. The maximum Gasteiger partial charge on any atom is 0.416 e. The first-order valence-corrected chi connectivity index (χ1v) is 8.82. The third-order valence-electron chi connectivity index (χ3n) is 3.44. The van der Waals surface area contributed by atoms with Crippen molar-refractivity contribution in [1.29, 1.82) is 0 Å². The number of hydrogen-bond donors (Lipinski definition) is 2. The molecule has 0 aliphatic carbocycles. The molecule has 0 radical (unpaired) electrons. The molecule has 0 aliphatic heterocycles. The summed E-state index contributed by atoms with van der Waals surface area (Å²) in [4.78, 5) is 12.0. The van der Waals surface area contributed by atoms with Crippen molar-refractivity contribution < 1.29 is 27.4 Å². The van der Waals surface area contributed by atoms with Crippen LogP contribution in [0.25, 0.3) is 0 Å². The van der Waals surface area contributed by atoms with E-state index in [9.17, 15) is 18.0 Å². The van der Waals surface area contributed by atoms with E-state index in [0.29, 0.717) is 29.6 Å². The second-order valence-electron chi connectivity index (χ2n) is 5.58. The summed E-state index contributed by atoms with van der Waals surface area (Å²) in [6.45, 7) is 0.644. The van der Waals surface area contributed by atoms with Crippen molar-refractivity contribution in [2.45, 2.75) is 6.18 Å². The van der Waals surface area contributed by atoms with Crippen LogP contribution >= 0.6 is 23.2 Å².